The van der Waals surface area contributed by atoms with Crippen LogP contribution in [0.4, 0.5) is 10.5 Å². The zero-order chi connectivity index (χ0) is 17.1. The Morgan fingerprint density at radius 3 is 2.88 bits per heavy atom. The second-order valence-corrected chi connectivity index (χ2v) is 5.84. The number of carbonyl (C=O) groups is 3. The number of carbonyl (C=O) groups excluding carboxylic acids is 3. The van der Waals surface area contributed by atoms with E-state index in [9.17, 15) is 14.4 Å². The summed E-state index contributed by atoms with van der Waals surface area (Å²) in [7, 11) is 0. The van der Waals surface area contributed by atoms with Crippen molar-refractivity contribution >= 4 is 35.9 Å². The van der Waals surface area contributed by atoms with Crippen LogP contribution < -0.4 is 16.0 Å². The molecule has 0 aromatic heterocycles. The average molecular weight is 369 g/mol. The molecule has 2 aliphatic rings. The monoisotopic (exact) mass is 368 g/mol. The summed E-state index contributed by atoms with van der Waals surface area (Å²) in [6.45, 7) is 3.28. The Morgan fingerprint density at radius 1 is 1.40 bits per heavy atom. The van der Waals surface area contributed by atoms with Gasteiger partial charge >= 0.3 is 6.03 Å². The van der Waals surface area contributed by atoms with Crippen LogP contribution in [0.3, 0.4) is 0 Å². The molecular formula is C16H21ClN4O4. The van der Waals surface area contributed by atoms with E-state index >= 15 is 0 Å². The highest BCUT2D eigenvalue weighted by Gasteiger charge is 2.29. The number of morpholine rings is 1. The molecule has 2 aliphatic heterocycles. The zero-order valence-corrected chi connectivity index (χ0v) is 14.6. The van der Waals surface area contributed by atoms with Gasteiger partial charge in [-0.1, -0.05) is 12.1 Å². The van der Waals surface area contributed by atoms with E-state index in [-0.39, 0.29) is 43.4 Å². The Morgan fingerprint density at radius 2 is 2.20 bits per heavy atom. The summed E-state index contributed by atoms with van der Waals surface area (Å²) in [6.07, 6.45) is -0.201. The molecule has 9 heteroatoms. The second kappa shape index (κ2) is 8.28. The molecule has 1 aromatic rings. The third-order valence-electron chi connectivity index (χ3n) is 4.07. The standard InChI is InChI=1S/C16H20N4O4.ClH/c1-10-14(17-5-6-24-10)15(22)19-12-4-2-3-11(7-12)9-20-13(21)8-18-16(20)23;/h2-4,7,10,14,17H,5-6,8-9H2,1H3,(H,18,23)(H,19,22);1H/t10-,14+;/m1./s1. The minimum Gasteiger partial charge on any atom is -0.375 e. The lowest BCUT2D eigenvalue weighted by Gasteiger charge is -2.29. The Kier molecular flexibility index (Phi) is 6.35. The molecule has 0 bridgehead atoms. The van der Waals surface area contributed by atoms with Gasteiger partial charge in [-0.2, -0.15) is 0 Å². The molecule has 136 valence electrons. The molecule has 3 rings (SSSR count). The van der Waals surface area contributed by atoms with E-state index < -0.39 is 12.1 Å². The predicted octanol–water partition coefficient (Wildman–Crippen LogP) is 0.476. The lowest BCUT2D eigenvalue weighted by atomic mass is 10.1. The number of anilines is 1. The number of amides is 4. The van der Waals surface area contributed by atoms with Gasteiger partial charge in [0.05, 0.1) is 25.8 Å². The van der Waals surface area contributed by atoms with E-state index in [4.69, 9.17) is 4.74 Å². The van der Waals surface area contributed by atoms with Crippen LogP contribution in [0.25, 0.3) is 0 Å². The van der Waals surface area contributed by atoms with Gasteiger partial charge in [0.2, 0.25) is 11.8 Å². The van der Waals surface area contributed by atoms with E-state index in [1.165, 1.54) is 0 Å². The Bertz CT molecular complexity index is 653. The van der Waals surface area contributed by atoms with Gasteiger partial charge < -0.3 is 20.7 Å². The molecule has 2 atom stereocenters. The number of ether oxygens (including phenoxy) is 1. The minimum absolute atomic E-state index is 0. The first kappa shape index (κ1) is 19.2. The molecule has 0 radical (unpaired) electrons. The van der Waals surface area contributed by atoms with Crippen LogP contribution in [0.1, 0.15) is 12.5 Å². The molecule has 0 spiro atoms. The van der Waals surface area contributed by atoms with Gasteiger partial charge in [0.1, 0.15) is 6.04 Å². The maximum atomic E-state index is 12.4. The molecule has 3 N–H and O–H groups in total. The van der Waals surface area contributed by atoms with Crippen molar-refractivity contribution in [1.82, 2.24) is 15.5 Å². The van der Waals surface area contributed by atoms with Crippen LogP contribution in [-0.4, -0.2) is 54.6 Å². The molecule has 2 heterocycles. The first-order chi connectivity index (χ1) is 11.5. The number of nitrogens with one attached hydrogen (secondary N) is 3. The van der Waals surface area contributed by atoms with Crippen molar-refractivity contribution in [2.24, 2.45) is 0 Å². The summed E-state index contributed by atoms with van der Waals surface area (Å²) < 4.78 is 5.47. The zero-order valence-electron chi connectivity index (χ0n) is 13.8. The number of hydrogen-bond acceptors (Lipinski definition) is 5. The Hall–Kier alpha value is -2.16. The highest BCUT2D eigenvalue weighted by molar-refractivity contribution is 6.02. The van der Waals surface area contributed by atoms with Gasteiger partial charge in [0.25, 0.3) is 0 Å². The van der Waals surface area contributed by atoms with Crippen molar-refractivity contribution in [3.05, 3.63) is 29.8 Å². The molecule has 8 nitrogen and oxygen atoms in total. The van der Waals surface area contributed by atoms with Gasteiger partial charge in [0.15, 0.2) is 0 Å². The molecule has 2 saturated heterocycles. The molecule has 2 fully saturated rings. The number of halogens is 1. The fourth-order valence-electron chi connectivity index (χ4n) is 2.79. The quantitative estimate of drug-likeness (QED) is 0.671. The van der Waals surface area contributed by atoms with Gasteiger partial charge in [-0.15, -0.1) is 12.4 Å². The largest absolute Gasteiger partial charge is 0.375 e. The fourth-order valence-corrected chi connectivity index (χ4v) is 2.79. The smallest absolute Gasteiger partial charge is 0.324 e. The molecule has 0 unspecified atom stereocenters. The minimum atomic E-state index is -0.409. The van der Waals surface area contributed by atoms with Crippen LogP contribution >= 0.6 is 12.4 Å². The number of nitrogens with zero attached hydrogens (tertiary/aromatic N) is 1. The first-order valence-electron chi connectivity index (χ1n) is 7.87. The van der Waals surface area contributed by atoms with E-state index in [2.05, 4.69) is 16.0 Å². The van der Waals surface area contributed by atoms with Crippen molar-refractivity contribution in [1.29, 1.82) is 0 Å². The third kappa shape index (κ3) is 4.47. The van der Waals surface area contributed by atoms with E-state index in [1.807, 2.05) is 6.92 Å². The van der Waals surface area contributed by atoms with Crippen LogP contribution in [0, 0.1) is 0 Å². The van der Waals surface area contributed by atoms with Crippen molar-refractivity contribution in [2.75, 3.05) is 25.0 Å². The Labute approximate surface area is 151 Å². The van der Waals surface area contributed by atoms with Gasteiger partial charge in [0, 0.05) is 12.2 Å². The fraction of sp³-hybridized carbons (Fsp3) is 0.438. The summed E-state index contributed by atoms with van der Waals surface area (Å²) in [4.78, 5) is 36.7. The predicted molar refractivity (Wildman–Crippen MR) is 93.5 cm³/mol. The van der Waals surface area contributed by atoms with Crippen LogP contribution in [-0.2, 0) is 20.9 Å². The summed E-state index contributed by atoms with van der Waals surface area (Å²) in [5.41, 5.74) is 1.38. The molecule has 0 saturated carbocycles. The summed E-state index contributed by atoms with van der Waals surface area (Å²) in [6, 6.07) is 6.30. The lowest BCUT2D eigenvalue weighted by molar-refractivity contribution is -0.125. The van der Waals surface area contributed by atoms with Crippen LogP contribution in [0.2, 0.25) is 0 Å². The van der Waals surface area contributed by atoms with Crippen LogP contribution in [0.15, 0.2) is 24.3 Å². The molecule has 1 aromatic carbocycles. The van der Waals surface area contributed by atoms with E-state index in [0.29, 0.717) is 18.8 Å². The van der Waals surface area contributed by atoms with Crippen LogP contribution in [0.5, 0.6) is 0 Å². The van der Waals surface area contributed by atoms with E-state index in [1.54, 1.807) is 24.3 Å². The first-order valence-corrected chi connectivity index (χ1v) is 7.87. The van der Waals surface area contributed by atoms with Gasteiger partial charge in [-0.3, -0.25) is 14.5 Å². The number of benzene rings is 1. The van der Waals surface area contributed by atoms with Crippen molar-refractivity contribution < 1.29 is 19.1 Å². The highest BCUT2D eigenvalue weighted by Crippen LogP contribution is 2.15. The van der Waals surface area contributed by atoms with Gasteiger partial charge in [-0.05, 0) is 24.6 Å². The number of imide groups is 1. The highest BCUT2D eigenvalue weighted by atomic mass is 35.5. The third-order valence-corrected chi connectivity index (χ3v) is 4.07. The molecular weight excluding hydrogens is 348 g/mol. The topological polar surface area (TPSA) is 99.8 Å². The summed E-state index contributed by atoms with van der Waals surface area (Å²) in [5.74, 6) is -0.429. The SMILES string of the molecule is C[C@H]1OCCN[C@@H]1C(=O)Nc1cccc(CN2C(=O)CNC2=O)c1.Cl. The summed E-state index contributed by atoms with van der Waals surface area (Å²) >= 11 is 0. The summed E-state index contributed by atoms with van der Waals surface area (Å²) in [5, 5.41) is 8.46. The average Bonchev–Trinajstić information content (AvgIpc) is 2.87. The van der Waals surface area contributed by atoms with Gasteiger partial charge in [-0.25, -0.2) is 4.79 Å². The molecule has 4 amide bonds. The van der Waals surface area contributed by atoms with E-state index in [0.717, 1.165) is 10.5 Å². The molecule has 0 aliphatic carbocycles. The maximum Gasteiger partial charge on any atom is 0.324 e. The molecule has 25 heavy (non-hydrogen) atoms. The van der Waals surface area contributed by atoms with Crippen molar-refractivity contribution in [3.63, 3.8) is 0 Å². The Balaban J connectivity index is 0.00000225. The maximum absolute atomic E-state index is 12.4. The number of rotatable bonds is 4. The normalized spacial score (nSPS) is 23.0. The number of urea groups is 1. The lowest BCUT2D eigenvalue weighted by Crippen LogP contribution is -2.53. The second-order valence-electron chi connectivity index (χ2n) is 5.84. The van der Waals surface area contributed by atoms with Crippen molar-refractivity contribution in [2.45, 2.75) is 25.6 Å². The number of hydrogen-bond donors (Lipinski definition) is 3. The van der Waals surface area contributed by atoms with Crippen molar-refractivity contribution in [3.8, 4) is 0 Å².